The van der Waals surface area contributed by atoms with Gasteiger partial charge in [-0.05, 0) is 6.42 Å². The van der Waals surface area contributed by atoms with E-state index in [2.05, 4.69) is 4.18 Å². The van der Waals surface area contributed by atoms with Gasteiger partial charge in [0.05, 0.1) is 6.61 Å². The molecular formula is C4H29NO36S9. The van der Waals surface area contributed by atoms with Crippen molar-refractivity contribution in [2.75, 3.05) is 6.61 Å². The Kier molecular flexibility index (Phi) is 48.1. The van der Waals surface area contributed by atoms with Crippen LogP contribution in [-0.4, -0.2) is 160 Å². The number of unbranched alkanes of at least 4 members (excludes halogenated alkanes) is 1. The molecule has 0 spiro atoms. The van der Waals surface area contributed by atoms with Crippen molar-refractivity contribution in [1.29, 1.82) is 0 Å². The Morgan fingerprint density at radius 3 is 0.480 bits per heavy atom. The summed E-state index contributed by atoms with van der Waals surface area (Å²) in [6.07, 6.45) is 1.48. The van der Waals surface area contributed by atoms with Crippen LogP contribution in [-0.2, 0) is 97.8 Å². The summed E-state index contributed by atoms with van der Waals surface area (Å²) in [5.74, 6) is 0. The van der Waals surface area contributed by atoms with Crippen LogP contribution in [0.25, 0.3) is 0 Å². The Morgan fingerprint density at radius 1 is 0.320 bits per heavy atom. The summed E-state index contributed by atoms with van der Waals surface area (Å²) in [6.45, 7) is 1.96. The molecule has 20 N–H and O–H groups in total. The topological polar surface area (TPSA) is 695 Å². The third-order valence-electron chi connectivity index (χ3n) is 0.730. The molecule has 37 nitrogen and oxygen atoms in total. The minimum Gasteiger partial charge on any atom is -0.344 e. The van der Waals surface area contributed by atoms with Crippen LogP contribution >= 0.6 is 0 Å². The smallest absolute Gasteiger partial charge is 0.344 e. The molecule has 0 saturated heterocycles. The summed E-state index contributed by atoms with van der Waals surface area (Å²) in [5, 5.41) is 0. The van der Waals surface area contributed by atoms with Crippen LogP contribution in [0, 0.1) is 0 Å². The number of hydrogen-bond acceptors (Lipinski definition) is 20. The van der Waals surface area contributed by atoms with Crippen molar-refractivity contribution >= 4 is 93.6 Å². The van der Waals surface area contributed by atoms with E-state index in [0.717, 1.165) is 6.42 Å². The first kappa shape index (κ1) is 74.1. The van der Waals surface area contributed by atoms with Gasteiger partial charge < -0.3 is 6.15 Å². The fourth-order valence-corrected chi connectivity index (χ4v) is 0.637. The average molecular weight is 956 g/mol. The fourth-order valence-electron chi connectivity index (χ4n) is 0.309. The van der Waals surface area contributed by atoms with Gasteiger partial charge in [0.1, 0.15) is 0 Å². The van der Waals surface area contributed by atoms with Gasteiger partial charge in [-0.2, -0.15) is 75.8 Å². The zero-order valence-electron chi connectivity index (χ0n) is 22.9. The number of hydrogen-bond donors (Lipinski definition) is 18. The third kappa shape index (κ3) is 4280. The second kappa shape index (κ2) is 32.4. The van der Waals surface area contributed by atoms with Crippen LogP contribution in [0.15, 0.2) is 0 Å². The van der Waals surface area contributed by atoms with Gasteiger partial charge >= 0.3 is 93.6 Å². The van der Waals surface area contributed by atoms with Crippen molar-refractivity contribution in [1.82, 2.24) is 6.15 Å². The van der Waals surface area contributed by atoms with Gasteiger partial charge in [0, 0.05) is 0 Å². The van der Waals surface area contributed by atoms with Gasteiger partial charge in [-0.1, -0.05) is 13.3 Å². The zero-order valence-corrected chi connectivity index (χ0v) is 30.2. The molecule has 0 aromatic carbocycles. The second-order valence-corrected chi connectivity index (χ2v) is 13.4. The maximum Gasteiger partial charge on any atom is 0.397 e. The Hall–Kier alpha value is -1.21. The van der Waals surface area contributed by atoms with Gasteiger partial charge in [0.2, 0.25) is 0 Å². The lowest BCUT2D eigenvalue weighted by molar-refractivity contribution is 0.264. The largest absolute Gasteiger partial charge is 0.397 e. The molecule has 0 heterocycles. The Bertz CT molecular complexity index is 1380. The van der Waals surface area contributed by atoms with Gasteiger partial charge in [-0.25, -0.2) is 4.18 Å². The van der Waals surface area contributed by atoms with E-state index in [9.17, 15) is 8.42 Å². The molecule has 0 aliphatic carbocycles. The molecule has 0 bridgehead atoms. The summed E-state index contributed by atoms with van der Waals surface area (Å²) in [5.41, 5.74) is 0. The number of rotatable bonds is 4. The average Bonchev–Trinajstić information content (AvgIpc) is 2.48. The lowest BCUT2D eigenvalue weighted by Gasteiger charge is -1.95. The van der Waals surface area contributed by atoms with E-state index in [1.165, 1.54) is 0 Å². The van der Waals surface area contributed by atoms with Crippen molar-refractivity contribution in [2.45, 2.75) is 19.8 Å². The zero-order chi connectivity index (χ0) is 43.3. The minimum atomic E-state index is -4.67. The van der Waals surface area contributed by atoms with Gasteiger partial charge in [0.15, 0.2) is 0 Å². The van der Waals surface area contributed by atoms with Crippen molar-refractivity contribution in [3.63, 3.8) is 0 Å². The van der Waals surface area contributed by atoms with Crippen molar-refractivity contribution in [2.24, 2.45) is 0 Å². The molecule has 50 heavy (non-hydrogen) atoms. The molecule has 0 atom stereocenters. The molecular weight excluding hydrogens is 927 g/mol. The molecule has 320 valence electrons. The van der Waals surface area contributed by atoms with Crippen molar-refractivity contribution < 1.29 is 157 Å². The highest BCUT2D eigenvalue weighted by Crippen LogP contribution is 1.91. The predicted octanol–water partition coefficient (Wildman–Crippen LogP) is -4.45. The molecule has 0 aromatic rings. The van der Waals surface area contributed by atoms with Crippen molar-refractivity contribution in [3.8, 4) is 0 Å². The van der Waals surface area contributed by atoms with E-state index in [0.29, 0.717) is 6.42 Å². The molecule has 0 aromatic heterocycles. The van der Waals surface area contributed by atoms with Crippen LogP contribution in [0.3, 0.4) is 0 Å². The van der Waals surface area contributed by atoms with E-state index in [4.69, 9.17) is 145 Å². The molecule has 0 fully saturated rings. The van der Waals surface area contributed by atoms with Crippen LogP contribution in [0.1, 0.15) is 19.8 Å². The van der Waals surface area contributed by atoms with Crippen LogP contribution in [0.5, 0.6) is 0 Å². The maximum absolute atomic E-state index is 9.84. The maximum atomic E-state index is 9.84. The highest BCUT2D eigenvalue weighted by molar-refractivity contribution is 7.81. The van der Waals surface area contributed by atoms with Gasteiger partial charge in [-0.15, -0.1) is 0 Å². The minimum absolute atomic E-state index is 0. The summed E-state index contributed by atoms with van der Waals surface area (Å²) in [7, 11) is -41.5. The standard InChI is InChI=1S/C4H10O4S.H3N.8H2O4S/c1-2-3-4-8-9(5,6)7;;8*1-5(2,3)4/h2-4H2,1H3,(H,5,6,7);1H3;8*(H2,1,2,3,4). The Morgan fingerprint density at radius 2 is 0.420 bits per heavy atom. The van der Waals surface area contributed by atoms with Crippen LogP contribution < -0.4 is 6.15 Å². The summed E-state index contributed by atoms with van der Waals surface area (Å²) in [4.78, 5) is 0. The molecule has 0 unspecified atom stereocenters. The van der Waals surface area contributed by atoms with Gasteiger partial charge in [0.25, 0.3) is 0 Å². The van der Waals surface area contributed by atoms with Crippen molar-refractivity contribution in [3.05, 3.63) is 0 Å². The lowest BCUT2D eigenvalue weighted by Crippen LogP contribution is -2.04. The molecule has 0 rings (SSSR count). The van der Waals surface area contributed by atoms with Crippen LogP contribution in [0.4, 0.5) is 0 Å². The fraction of sp³-hybridized carbons (Fsp3) is 1.00. The monoisotopic (exact) mass is 955 g/mol. The first-order chi connectivity index (χ1) is 20.1. The van der Waals surface area contributed by atoms with Crippen LogP contribution in [0.2, 0.25) is 0 Å². The highest BCUT2D eigenvalue weighted by Gasteiger charge is 2.01. The molecule has 0 saturated carbocycles. The first-order valence-corrected chi connectivity index (χ1v) is 20.8. The lowest BCUT2D eigenvalue weighted by atomic mass is 10.4. The highest BCUT2D eigenvalue weighted by atomic mass is 32.3. The summed E-state index contributed by atoms with van der Waals surface area (Å²) < 4.78 is 284. The normalized spacial score (nSPS) is 11.4. The van der Waals surface area contributed by atoms with E-state index in [1.807, 2.05) is 6.92 Å². The van der Waals surface area contributed by atoms with E-state index < -0.39 is 93.6 Å². The summed E-state index contributed by atoms with van der Waals surface area (Å²) >= 11 is 0. The SMILES string of the molecule is CCCCOS(=O)(=O)O.N.O=S(=O)(O)O.O=S(=O)(O)O.O=S(=O)(O)O.O=S(=O)(O)O.O=S(=O)(O)O.O=S(=O)(O)O.O=S(=O)(O)O.O=S(=O)(O)O. The Balaban J connectivity index is -0.0000000453. The second-order valence-electron chi connectivity index (χ2n) is 5.19. The third-order valence-corrected chi connectivity index (χ3v) is 1.19. The molecule has 0 amide bonds. The first-order valence-electron chi connectivity index (χ1n) is 8.27. The predicted molar refractivity (Wildman–Crippen MR) is 151 cm³/mol. The molecule has 0 aliphatic heterocycles. The van der Waals surface area contributed by atoms with Gasteiger partial charge in [-0.3, -0.25) is 77.4 Å². The summed E-state index contributed by atoms with van der Waals surface area (Å²) in [6, 6.07) is 0. The molecule has 46 heteroatoms. The van der Waals surface area contributed by atoms with E-state index >= 15 is 0 Å². The Labute approximate surface area is 282 Å². The molecule has 0 radical (unpaired) electrons. The molecule has 0 aliphatic rings. The van der Waals surface area contributed by atoms with E-state index in [1.54, 1.807) is 0 Å². The van der Waals surface area contributed by atoms with E-state index in [-0.39, 0.29) is 12.8 Å². The quantitative estimate of drug-likeness (QED) is 0.0933.